The molecular formula is C14H12N4S. The van der Waals surface area contributed by atoms with Crippen LogP contribution in [0.3, 0.4) is 0 Å². The molecule has 2 aromatic heterocycles. The van der Waals surface area contributed by atoms with Gasteiger partial charge in [0.05, 0.1) is 16.6 Å². The van der Waals surface area contributed by atoms with E-state index in [1.807, 2.05) is 11.7 Å². The summed E-state index contributed by atoms with van der Waals surface area (Å²) >= 11 is 1.63. The minimum absolute atomic E-state index is 0.739. The van der Waals surface area contributed by atoms with Gasteiger partial charge in [-0.15, -0.1) is 11.3 Å². The Morgan fingerprint density at radius 3 is 2.74 bits per heavy atom. The Morgan fingerprint density at radius 2 is 2.00 bits per heavy atom. The van der Waals surface area contributed by atoms with Crippen LogP contribution in [0.25, 0.3) is 10.4 Å². The molecule has 19 heavy (non-hydrogen) atoms. The first-order valence-electron chi connectivity index (χ1n) is 5.85. The summed E-state index contributed by atoms with van der Waals surface area (Å²) in [7, 11) is 0. The Hall–Kier alpha value is -2.27. The Bertz CT molecular complexity index is 665. The molecule has 0 bridgehead atoms. The van der Waals surface area contributed by atoms with E-state index in [4.69, 9.17) is 0 Å². The number of rotatable bonds is 3. The van der Waals surface area contributed by atoms with Crippen molar-refractivity contribution >= 4 is 22.8 Å². The van der Waals surface area contributed by atoms with Crippen LogP contribution in [0.4, 0.5) is 11.5 Å². The predicted octanol–water partition coefficient (Wildman–Crippen LogP) is 3.65. The molecule has 3 rings (SSSR count). The van der Waals surface area contributed by atoms with Crippen LogP contribution in [-0.2, 0) is 0 Å². The minimum Gasteiger partial charge on any atom is -0.339 e. The van der Waals surface area contributed by atoms with Crippen molar-refractivity contribution in [1.82, 2.24) is 15.0 Å². The molecule has 4 nitrogen and oxygen atoms in total. The van der Waals surface area contributed by atoms with Gasteiger partial charge in [0.15, 0.2) is 0 Å². The van der Waals surface area contributed by atoms with Crippen molar-refractivity contribution in [3.63, 3.8) is 0 Å². The van der Waals surface area contributed by atoms with Crippen LogP contribution in [0.15, 0.2) is 48.5 Å². The number of hydrogen-bond donors (Lipinski definition) is 1. The molecule has 0 aliphatic rings. The molecule has 0 saturated heterocycles. The lowest BCUT2D eigenvalue weighted by Gasteiger charge is -2.08. The van der Waals surface area contributed by atoms with E-state index in [2.05, 4.69) is 45.4 Å². The summed E-state index contributed by atoms with van der Waals surface area (Å²) in [4.78, 5) is 13.5. The third-order valence-electron chi connectivity index (χ3n) is 2.63. The van der Waals surface area contributed by atoms with Crippen LogP contribution < -0.4 is 5.32 Å². The SMILES string of the molecule is Cc1cc(Nc2cnccn2)cc(-c2cncs2)c1. The highest BCUT2D eigenvalue weighted by Crippen LogP contribution is 2.28. The maximum absolute atomic E-state index is 4.21. The lowest BCUT2D eigenvalue weighted by atomic mass is 10.1. The van der Waals surface area contributed by atoms with E-state index in [9.17, 15) is 0 Å². The van der Waals surface area contributed by atoms with Gasteiger partial charge < -0.3 is 5.32 Å². The topological polar surface area (TPSA) is 50.7 Å². The van der Waals surface area contributed by atoms with Gasteiger partial charge in [-0.05, 0) is 30.2 Å². The molecule has 0 saturated carbocycles. The highest BCUT2D eigenvalue weighted by molar-refractivity contribution is 7.13. The molecule has 0 aliphatic carbocycles. The van der Waals surface area contributed by atoms with Gasteiger partial charge in [-0.25, -0.2) is 4.98 Å². The van der Waals surface area contributed by atoms with Gasteiger partial charge in [-0.1, -0.05) is 6.07 Å². The summed E-state index contributed by atoms with van der Waals surface area (Å²) in [5.41, 5.74) is 5.20. The number of nitrogens with one attached hydrogen (secondary N) is 1. The van der Waals surface area contributed by atoms with Crippen LogP contribution in [0.1, 0.15) is 5.56 Å². The van der Waals surface area contributed by atoms with Crippen LogP contribution in [0.5, 0.6) is 0 Å². The largest absolute Gasteiger partial charge is 0.339 e. The first kappa shape index (κ1) is 11.8. The van der Waals surface area contributed by atoms with E-state index in [0.717, 1.165) is 21.9 Å². The van der Waals surface area contributed by atoms with Gasteiger partial charge in [0.1, 0.15) is 5.82 Å². The highest BCUT2D eigenvalue weighted by atomic mass is 32.1. The fourth-order valence-corrected chi connectivity index (χ4v) is 2.48. The summed E-state index contributed by atoms with van der Waals surface area (Å²) in [6, 6.07) is 6.32. The summed E-state index contributed by atoms with van der Waals surface area (Å²) in [6.07, 6.45) is 6.91. The molecule has 5 heteroatoms. The molecule has 0 unspecified atom stereocenters. The number of benzene rings is 1. The lowest BCUT2D eigenvalue weighted by molar-refractivity contribution is 1.20. The van der Waals surface area contributed by atoms with Gasteiger partial charge in [0, 0.05) is 24.3 Å². The number of hydrogen-bond acceptors (Lipinski definition) is 5. The number of anilines is 2. The van der Waals surface area contributed by atoms with Crippen LogP contribution >= 0.6 is 11.3 Å². The molecule has 0 atom stereocenters. The minimum atomic E-state index is 0.739. The van der Waals surface area contributed by atoms with Crippen molar-refractivity contribution in [3.05, 3.63) is 54.1 Å². The van der Waals surface area contributed by atoms with E-state index in [0.29, 0.717) is 0 Å². The molecule has 1 aromatic carbocycles. The standard InChI is InChI=1S/C14H12N4S/c1-10-4-11(13-7-16-9-19-13)6-12(5-10)18-14-8-15-2-3-17-14/h2-9H,1H3,(H,17,18). The van der Waals surface area contributed by atoms with Gasteiger partial charge in [0.2, 0.25) is 0 Å². The Kier molecular flexibility index (Phi) is 3.20. The second-order valence-electron chi connectivity index (χ2n) is 4.17. The van der Waals surface area contributed by atoms with Crippen LogP contribution in [0, 0.1) is 6.92 Å². The zero-order chi connectivity index (χ0) is 13.1. The molecule has 94 valence electrons. The Morgan fingerprint density at radius 1 is 1.05 bits per heavy atom. The van der Waals surface area contributed by atoms with Crippen LogP contribution in [0.2, 0.25) is 0 Å². The molecule has 0 radical (unpaired) electrons. The fraction of sp³-hybridized carbons (Fsp3) is 0.0714. The summed E-state index contributed by atoms with van der Waals surface area (Å²) < 4.78 is 0. The summed E-state index contributed by atoms with van der Waals surface area (Å²) in [6.45, 7) is 2.08. The average Bonchev–Trinajstić information content (AvgIpc) is 2.93. The third-order valence-corrected chi connectivity index (χ3v) is 3.45. The molecule has 0 spiro atoms. The Balaban J connectivity index is 1.94. The van der Waals surface area contributed by atoms with E-state index < -0.39 is 0 Å². The molecule has 0 amide bonds. The van der Waals surface area contributed by atoms with Crippen molar-refractivity contribution in [2.75, 3.05) is 5.32 Å². The highest BCUT2D eigenvalue weighted by Gasteiger charge is 2.04. The molecule has 0 aliphatic heterocycles. The second kappa shape index (κ2) is 5.16. The number of nitrogens with zero attached hydrogens (tertiary/aromatic N) is 3. The molecule has 2 heterocycles. The maximum atomic E-state index is 4.21. The predicted molar refractivity (Wildman–Crippen MR) is 77.6 cm³/mol. The van der Waals surface area contributed by atoms with E-state index in [-0.39, 0.29) is 0 Å². The summed E-state index contributed by atoms with van der Waals surface area (Å²) in [5, 5.41) is 3.26. The average molecular weight is 268 g/mol. The van der Waals surface area contributed by atoms with Crippen molar-refractivity contribution < 1.29 is 0 Å². The second-order valence-corrected chi connectivity index (χ2v) is 5.06. The van der Waals surface area contributed by atoms with Crippen molar-refractivity contribution in [2.45, 2.75) is 6.92 Å². The normalized spacial score (nSPS) is 10.4. The van der Waals surface area contributed by atoms with Crippen molar-refractivity contribution in [3.8, 4) is 10.4 Å². The first-order valence-corrected chi connectivity index (χ1v) is 6.73. The van der Waals surface area contributed by atoms with Gasteiger partial charge in [0.25, 0.3) is 0 Å². The fourth-order valence-electron chi connectivity index (χ4n) is 1.87. The summed E-state index contributed by atoms with van der Waals surface area (Å²) in [5.74, 6) is 0.739. The zero-order valence-corrected chi connectivity index (χ0v) is 11.2. The zero-order valence-electron chi connectivity index (χ0n) is 10.4. The smallest absolute Gasteiger partial charge is 0.148 e. The molecule has 0 fully saturated rings. The Labute approximate surface area is 115 Å². The van der Waals surface area contributed by atoms with E-state index >= 15 is 0 Å². The van der Waals surface area contributed by atoms with Crippen molar-refractivity contribution in [1.29, 1.82) is 0 Å². The first-order chi connectivity index (χ1) is 9.31. The van der Waals surface area contributed by atoms with E-state index in [1.165, 1.54) is 5.56 Å². The third kappa shape index (κ3) is 2.77. The van der Waals surface area contributed by atoms with Gasteiger partial charge >= 0.3 is 0 Å². The van der Waals surface area contributed by atoms with Gasteiger partial charge in [-0.2, -0.15) is 0 Å². The quantitative estimate of drug-likeness (QED) is 0.787. The lowest BCUT2D eigenvalue weighted by Crippen LogP contribution is -1.94. The number of aromatic nitrogens is 3. The van der Waals surface area contributed by atoms with Crippen molar-refractivity contribution in [2.24, 2.45) is 0 Å². The maximum Gasteiger partial charge on any atom is 0.148 e. The monoisotopic (exact) mass is 268 g/mol. The molecule has 3 aromatic rings. The van der Waals surface area contributed by atoms with E-state index in [1.54, 1.807) is 29.9 Å². The molecule has 1 N–H and O–H groups in total. The number of aryl methyl sites for hydroxylation is 1. The number of thiazole rings is 1. The molecular weight excluding hydrogens is 256 g/mol. The van der Waals surface area contributed by atoms with Gasteiger partial charge in [-0.3, -0.25) is 9.97 Å². The van der Waals surface area contributed by atoms with Crippen LogP contribution in [-0.4, -0.2) is 15.0 Å².